The van der Waals surface area contributed by atoms with Crippen LogP contribution in [0.3, 0.4) is 0 Å². The van der Waals surface area contributed by atoms with Crippen LogP contribution >= 0.6 is 0 Å². The maximum absolute atomic E-state index is 10.6. The molecule has 1 aromatic rings. The Balaban J connectivity index is 0.00000121. The summed E-state index contributed by atoms with van der Waals surface area (Å²) < 4.78 is 24.7. The van der Waals surface area contributed by atoms with Crippen molar-refractivity contribution in [3.05, 3.63) is 35.1 Å². The van der Waals surface area contributed by atoms with Gasteiger partial charge in [-0.05, 0) is 0 Å². The van der Waals surface area contributed by atoms with Gasteiger partial charge in [-0.2, -0.15) is 0 Å². The molecule has 1 aromatic carbocycles. The molecule has 0 aliphatic rings. The van der Waals surface area contributed by atoms with Crippen LogP contribution in [0.2, 0.25) is 0 Å². The first-order valence-electron chi connectivity index (χ1n) is 3.06. The van der Waals surface area contributed by atoms with Gasteiger partial charge in [0.25, 0.3) is 0 Å². The number of hydrogen-bond donors (Lipinski definition) is 0. The molecule has 3 nitrogen and oxygen atoms in total. The maximum Gasteiger partial charge on any atom is 1.00 e. The van der Waals surface area contributed by atoms with Gasteiger partial charge >= 0.3 is 29.6 Å². The van der Waals surface area contributed by atoms with Crippen molar-refractivity contribution in [2.75, 3.05) is 6.26 Å². The molecule has 60 valence electrons. The van der Waals surface area contributed by atoms with Crippen molar-refractivity contribution in [2.45, 2.75) is 0 Å². The van der Waals surface area contributed by atoms with Crippen LogP contribution in [0.4, 0.5) is 5.69 Å². The van der Waals surface area contributed by atoms with Crippen molar-refractivity contribution in [3.63, 3.8) is 0 Å². The van der Waals surface area contributed by atoms with E-state index in [1.807, 2.05) is 0 Å². The van der Waals surface area contributed by atoms with Crippen LogP contribution in [0.15, 0.2) is 30.3 Å². The SMILES string of the molecule is CS(=O)(=O)[N-]c1ccccc1.[Na+]. The minimum Gasteiger partial charge on any atom is -0.577 e. The van der Waals surface area contributed by atoms with E-state index in [1.165, 1.54) is 0 Å². The van der Waals surface area contributed by atoms with Crippen LogP contribution in [-0.4, -0.2) is 14.7 Å². The van der Waals surface area contributed by atoms with Gasteiger partial charge in [0, 0.05) is 6.26 Å². The molecule has 0 heterocycles. The molecule has 0 aliphatic carbocycles. The van der Waals surface area contributed by atoms with Crippen molar-refractivity contribution in [3.8, 4) is 0 Å². The number of nitrogens with zero attached hydrogens (tertiary/aromatic N) is 1. The summed E-state index contributed by atoms with van der Waals surface area (Å²) in [4.78, 5) is 0. The van der Waals surface area contributed by atoms with E-state index in [9.17, 15) is 8.42 Å². The van der Waals surface area contributed by atoms with Gasteiger partial charge in [0.1, 0.15) is 0 Å². The van der Waals surface area contributed by atoms with Crippen molar-refractivity contribution in [1.29, 1.82) is 0 Å². The maximum atomic E-state index is 10.6. The van der Waals surface area contributed by atoms with Crippen molar-refractivity contribution < 1.29 is 38.0 Å². The molecule has 5 heteroatoms. The third kappa shape index (κ3) is 4.77. The standard InChI is InChI=1S/C7H8NO2S.Na/c1-11(9,10)8-7-5-3-2-4-6-7;/h2-6H,1H3;/q-1;+1. The summed E-state index contributed by atoms with van der Waals surface area (Å²) in [5.74, 6) is 0. The fourth-order valence-corrected chi connectivity index (χ4v) is 1.18. The average Bonchev–Trinajstić information content (AvgIpc) is 1.85. The smallest absolute Gasteiger partial charge is 0.577 e. The summed E-state index contributed by atoms with van der Waals surface area (Å²) in [6, 6.07) is 8.57. The van der Waals surface area contributed by atoms with E-state index in [-0.39, 0.29) is 29.6 Å². The average molecular weight is 193 g/mol. The van der Waals surface area contributed by atoms with E-state index >= 15 is 0 Å². The Hall–Kier alpha value is -0.0300. The Morgan fingerprint density at radius 3 is 2.08 bits per heavy atom. The molecule has 0 spiro atoms. The summed E-state index contributed by atoms with van der Waals surface area (Å²) in [5, 5.41) is 0. The molecule has 0 bridgehead atoms. The van der Waals surface area contributed by atoms with Crippen LogP contribution in [0, 0.1) is 0 Å². The second kappa shape index (κ2) is 4.87. The van der Waals surface area contributed by atoms with Crippen LogP contribution < -0.4 is 29.6 Å². The molecule has 0 fully saturated rings. The van der Waals surface area contributed by atoms with E-state index in [2.05, 4.69) is 4.72 Å². The van der Waals surface area contributed by atoms with E-state index < -0.39 is 10.0 Å². The third-order valence-corrected chi connectivity index (χ3v) is 1.57. The molecule has 0 aromatic heterocycles. The van der Waals surface area contributed by atoms with E-state index in [0.29, 0.717) is 5.69 Å². The molecule has 12 heavy (non-hydrogen) atoms. The molecule has 0 N–H and O–H groups in total. The molecule has 0 atom stereocenters. The van der Waals surface area contributed by atoms with Crippen LogP contribution in [0.25, 0.3) is 4.72 Å². The fourth-order valence-electron chi connectivity index (χ4n) is 0.680. The van der Waals surface area contributed by atoms with E-state index in [4.69, 9.17) is 0 Å². The topological polar surface area (TPSA) is 48.2 Å². The number of sulfonamides is 1. The summed E-state index contributed by atoms with van der Waals surface area (Å²) in [6.07, 6.45) is 1.07. The minimum atomic E-state index is -3.25. The predicted octanol–water partition coefficient (Wildman–Crippen LogP) is -1.34. The Labute approximate surface area is 94.5 Å². The van der Waals surface area contributed by atoms with Crippen LogP contribution in [-0.2, 0) is 10.0 Å². The predicted molar refractivity (Wildman–Crippen MR) is 44.3 cm³/mol. The zero-order valence-electron chi connectivity index (χ0n) is 7.06. The first kappa shape index (κ1) is 12.0. The van der Waals surface area contributed by atoms with Crippen molar-refractivity contribution >= 4 is 15.7 Å². The summed E-state index contributed by atoms with van der Waals surface area (Å²) in [5.41, 5.74) is 0.468. The first-order valence-corrected chi connectivity index (χ1v) is 4.91. The molecule has 0 aliphatic heterocycles. The van der Waals surface area contributed by atoms with Gasteiger partial charge in [-0.15, -0.1) is 5.69 Å². The van der Waals surface area contributed by atoms with Crippen molar-refractivity contribution in [2.24, 2.45) is 0 Å². The Bertz CT molecular complexity index is 323. The zero-order valence-corrected chi connectivity index (χ0v) is 9.88. The molecule has 0 amide bonds. The van der Waals surface area contributed by atoms with E-state index in [1.54, 1.807) is 30.3 Å². The molecular weight excluding hydrogens is 185 g/mol. The van der Waals surface area contributed by atoms with Gasteiger partial charge in [-0.25, -0.2) is 8.42 Å². The Morgan fingerprint density at radius 2 is 1.67 bits per heavy atom. The Kier molecular flexibility index (Phi) is 4.85. The first-order chi connectivity index (χ1) is 5.08. The molecule has 0 radical (unpaired) electrons. The molecule has 0 saturated carbocycles. The van der Waals surface area contributed by atoms with Gasteiger partial charge in [0.15, 0.2) is 0 Å². The van der Waals surface area contributed by atoms with Gasteiger partial charge in [0.2, 0.25) is 0 Å². The number of hydrogen-bond acceptors (Lipinski definition) is 2. The quantitative estimate of drug-likeness (QED) is 0.545. The van der Waals surface area contributed by atoms with Gasteiger partial charge < -0.3 is 4.72 Å². The molecule has 1 rings (SSSR count). The van der Waals surface area contributed by atoms with Gasteiger partial charge in [-0.1, -0.05) is 30.3 Å². The second-order valence-corrected chi connectivity index (χ2v) is 3.81. The number of benzene rings is 1. The Morgan fingerprint density at radius 1 is 1.17 bits per heavy atom. The summed E-state index contributed by atoms with van der Waals surface area (Å²) in [6.45, 7) is 0. The second-order valence-electron chi connectivity index (χ2n) is 2.16. The summed E-state index contributed by atoms with van der Waals surface area (Å²) >= 11 is 0. The largest absolute Gasteiger partial charge is 1.00 e. The summed E-state index contributed by atoms with van der Waals surface area (Å²) in [7, 11) is -3.25. The minimum absolute atomic E-state index is 0. The zero-order chi connectivity index (χ0) is 8.32. The fraction of sp³-hybridized carbons (Fsp3) is 0.143. The molecular formula is C7H8NNaO2S. The number of rotatable bonds is 2. The monoisotopic (exact) mass is 193 g/mol. The molecule has 0 saturated heterocycles. The van der Waals surface area contributed by atoms with Crippen LogP contribution in [0.1, 0.15) is 0 Å². The molecule has 0 unspecified atom stereocenters. The van der Waals surface area contributed by atoms with Gasteiger partial charge in [0.05, 0.1) is 10.0 Å². The van der Waals surface area contributed by atoms with Gasteiger partial charge in [-0.3, -0.25) is 0 Å². The van der Waals surface area contributed by atoms with E-state index in [0.717, 1.165) is 6.26 Å². The normalized spacial score (nSPS) is 10.1. The van der Waals surface area contributed by atoms with Crippen LogP contribution in [0.5, 0.6) is 0 Å². The third-order valence-electron chi connectivity index (χ3n) is 1.03. The van der Waals surface area contributed by atoms with Crippen molar-refractivity contribution in [1.82, 2.24) is 0 Å².